The number of nitrogens with one attached hydrogen (secondary N) is 1. The summed E-state index contributed by atoms with van der Waals surface area (Å²) in [4.78, 5) is 2.27. The molecule has 0 amide bonds. The van der Waals surface area contributed by atoms with Gasteiger partial charge in [0.15, 0.2) is 0 Å². The molecule has 0 bridgehead atoms. The standard InChI is InChI=1S/C16H25FN2/c1-4-19(13-8-5-6-9-13)16-14(12(2)18-3)10-7-11-15(16)17/h7,10-13,18H,4-6,8-9H2,1-3H3. The van der Waals surface area contributed by atoms with Crippen LogP contribution in [0.1, 0.15) is 51.1 Å². The number of nitrogens with zero attached hydrogens (tertiary/aromatic N) is 1. The Morgan fingerprint density at radius 1 is 1.37 bits per heavy atom. The first-order valence-corrected chi connectivity index (χ1v) is 7.41. The van der Waals surface area contributed by atoms with E-state index in [0.717, 1.165) is 17.8 Å². The minimum Gasteiger partial charge on any atom is -0.366 e. The van der Waals surface area contributed by atoms with Crippen molar-refractivity contribution in [3.05, 3.63) is 29.6 Å². The van der Waals surface area contributed by atoms with Gasteiger partial charge in [0.25, 0.3) is 0 Å². The van der Waals surface area contributed by atoms with E-state index >= 15 is 0 Å². The first-order chi connectivity index (χ1) is 9.19. The molecule has 1 N–H and O–H groups in total. The Morgan fingerprint density at radius 3 is 2.63 bits per heavy atom. The van der Waals surface area contributed by atoms with E-state index in [0.29, 0.717) is 6.04 Å². The summed E-state index contributed by atoms with van der Waals surface area (Å²) < 4.78 is 14.4. The first-order valence-electron chi connectivity index (χ1n) is 7.41. The zero-order valence-electron chi connectivity index (χ0n) is 12.2. The molecule has 0 aliphatic heterocycles. The molecule has 1 aromatic carbocycles. The lowest BCUT2D eigenvalue weighted by molar-refractivity contribution is 0.563. The summed E-state index contributed by atoms with van der Waals surface area (Å²) in [6, 6.07) is 6.10. The van der Waals surface area contributed by atoms with Crippen LogP contribution in [0, 0.1) is 5.82 Å². The number of anilines is 1. The number of halogens is 1. The molecule has 1 unspecified atom stereocenters. The average Bonchev–Trinajstić information content (AvgIpc) is 2.94. The summed E-state index contributed by atoms with van der Waals surface area (Å²) in [5.74, 6) is -0.0895. The summed E-state index contributed by atoms with van der Waals surface area (Å²) in [5, 5.41) is 3.23. The maximum atomic E-state index is 14.4. The van der Waals surface area contributed by atoms with Crippen molar-refractivity contribution in [2.45, 2.75) is 51.6 Å². The van der Waals surface area contributed by atoms with Crippen LogP contribution in [-0.2, 0) is 0 Å². The van der Waals surface area contributed by atoms with Gasteiger partial charge in [0.1, 0.15) is 5.82 Å². The SMILES string of the molecule is CCN(c1c(F)cccc1C(C)NC)C1CCCC1. The van der Waals surface area contributed by atoms with Crippen LogP contribution in [0.3, 0.4) is 0 Å². The summed E-state index contributed by atoms with van der Waals surface area (Å²) in [6.07, 6.45) is 4.92. The Bertz CT molecular complexity index is 413. The Balaban J connectivity index is 2.39. The third-order valence-corrected chi connectivity index (χ3v) is 4.31. The normalized spacial score (nSPS) is 17.7. The minimum absolute atomic E-state index is 0.0895. The van der Waals surface area contributed by atoms with Crippen molar-refractivity contribution < 1.29 is 4.39 Å². The molecule has 2 nitrogen and oxygen atoms in total. The molecule has 1 fully saturated rings. The van der Waals surface area contributed by atoms with Gasteiger partial charge in [0.05, 0.1) is 5.69 Å². The van der Waals surface area contributed by atoms with E-state index in [1.165, 1.54) is 25.7 Å². The van der Waals surface area contributed by atoms with Crippen LogP contribution in [0.25, 0.3) is 0 Å². The molecular formula is C16H25FN2. The topological polar surface area (TPSA) is 15.3 Å². The van der Waals surface area contributed by atoms with Crippen LogP contribution in [0.2, 0.25) is 0 Å². The molecule has 106 valence electrons. The number of rotatable bonds is 5. The van der Waals surface area contributed by atoms with E-state index < -0.39 is 0 Å². The maximum absolute atomic E-state index is 14.4. The molecule has 1 aromatic rings. The molecule has 2 rings (SSSR count). The van der Waals surface area contributed by atoms with Gasteiger partial charge < -0.3 is 10.2 Å². The highest BCUT2D eigenvalue weighted by molar-refractivity contribution is 5.57. The molecular weight excluding hydrogens is 239 g/mol. The van der Waals surface area contributed by atoms with Crippen molar-refractivity contribution in [3.63, 3.8) is 0 Å². The lowest BCUT2D eigenvalue weighted by atomic mass is 10.0. The predicted octanol–water partition coefficient (Wildman–Crippen LogP) is 3.88. The van der Waals surface area contributed by atoms with Crippen LogP contribution >= 0.6 is 0 Å². The first kappa shape index (κ1) is 14.3. The Morgan fingerprint density at radius 2 is 2.05 bits per heavy atom. The van der Waals surface area contributed by atoms with Crippen molar-refractivity contribution in [1.82, 2.24) is 5.32 Å². The second-order valence-electron chi connectivity index (χ2n) is 5.41. The lowest BCUT2D eigenvalue weighted by Gasteiger charge is -2.33. The quantitative estimate of drug-likeness (QED) is 0.868. The van der Waals surface area contributed by atoms with Crippen LogP contribution in [-0.4, -0.2) is 19.6 Å². The predicted molar refractivity (Wildman–Crippen MR) is 79.2 cm³/mol. The molecule has 19 heavy (non-hydrogen) atoms. The summed E-state index contributed by atoms with van der Waals surface area (Å²) in [7, 11) is 1.92. The minimum atomic E-state index is -0.0895. The smallest absolute Gasteiger partial charge is 0.146 e. The second-order valence-corrected chi connectivity index (χ2v) is 5.41. The number of para-hydroxylation sites is 1. The van der Waals surface area contributed by atoms with Crippen LogP contribution in [0.5, 0.6) is 0 Å². The van der Waals surface area contributed by atoms with E-state index in [1.54, 1.807) is 6.07 Å². The van der Waals surface area contributed by atoms with Crippen LogP contribution in [0.15, 0.2) is 18.2 Å². The molecule has 1 aliphatic carbocycles. The fourth-order valence-electron chi connectivity index (χ4n) is 3.15. The fraction of sp³-hybridized carbons (Fsp3) is 0.625. The number of hydrogen-bond acceptors (Lipinski definition) is 2. The van der Waals surface area contributed by atoms with Gasteiger partial charge in [-0.2, -0.15) is 0 Å². The van der Waals surface area contributed by atoms with Crippen molar-refractivity contribution in [2.24, 2.45) is 0 Å². The molecule has 3 heteroatoms. The van der Waals surface area contributed by atoms with E-state index in [9.17, 15) is 4.39 Å². The van der Waals surface area contributed by atoms with Crippen molar-refractivity contribution in [2.75, 3.05) is 18.5 Å². The highest BCUT2D eigenvalue weighted by atomic mass is 19.1. The van der Waals surface area contributed by atoms with Gasteiger partial charge in [-0.15, -0.1) is 0 Å². The third kappa shape index (κ3) is 2.92. The zero-order chi connectivity index (χ0) is 13.8. The van der Waals surface area contributed by atoms with Gasteiger partial charge in [-0.3, -0.25) is 0 Å². The van der Waals surface area contributed by atoms with Crippen LogP contribution < -0.4 is 10.2 Å². The van der Waals surface area contributed by atoms with E-state index in [-0.39, 0.29) is 11.9 Å². The highest BCUT2D eigenvalue weighted by Crippen LogP contribution is 2.34. The zero-order valence-corrected chi connectivity index (χ0v) is 12.2. The van der Waals surface area contributed by atoms with E-state index in [2.05, 4.69) is 24.1 Å². The van der Waals surface area contributed by atoms with Gasteiger partial charge in [-0.05, 0) is 45.4 Å². The molecule has 0 radical (unpaired) electrons. The molecule has 1 aliphatic rings. The van der Waals surface area contributed by atoms with Gasteiger partial charge in [0.2, 0.25) is 0 Å². The van der Waals surface area contributed by atoms with Gasteiger partial charge in [-0.25, -0.2) is 4.39 Å². The largest absolute Gasteiger partial charge is 0.366 e. The third-order valence-electron chi connectivity index (χ3n) is 4.31. The Kier molecular flexibility index (Phi) is 4.81. The van der Waals surface area contributed by atoms with Gasteiger partial charge in [-0.1, -0.05) is 25.0 Å². The summed E-state index contributed by atoms with van der Waals surface area (Å²) in [5.41, 5.74) is 1.87. The fourth-order valence-corrected chi connectivity index (χ4v) is 3.15. The molecule has 0 spiro atoms. The van der Waals surface area contributed by atoms with Crippen LogP contribution in [0.4, 0.5) is 10.1 Å². The molecule has 0 heterocycles. The Labute approximate surface area is 116 Å². The van der Waals surface area contributed by atoms with Crippen molar-refractivity contribution >= 4 is 5.69 Å². The maximum Gasteiger partial charge on any atom is 0.146 e. The van der Waals surface area contributed by atoms with Crippen molar-refractivity contribution in [3.8, 4) is 0 Å². The van der Waals surface area contributed by atoms with Gasteiger partial charge >= 0.3 is 0 Å². The molecule has 1 atom stereocenters. The molecule has 0 aromatic heterocycles. The van der Waals surface area contributed by atoms with Crippen molar-refractivity contribution in [1.29, 1.82) is 0 Å². The average molecular weight is 264 g/mol. The second kappa shape index (κ2) is 6.38. The molecule has 1 saturated carbocycles. The number of benzene rings is 1. The van der Waals surface area contributed by atoms with E-state index in [1.807, 2.05) is 19.2 Å². The monoisotopic (exact) mass is 264 g/mol. The summed E-state index contributed by atoms with van der Waals surface area (Å²) >= 11 is 0. The lowest BCUT2D eigenvalue weighted by Crippen LogP contribution is -2.35. The highest BCUT2D eigenvalue weighted by Gasteiger charge is 2.26. The molecule has 0 saturated heterocycles. The Hall–Kier alpha value is -1.09. The van der Waals surface area contributed by atoms with Gasteiger partial charge in [0, 0.05) is 18.6 Å². The summed E-state index contributed by atoms with van der Waals surface area (Å²) in [6.45, 7) is 5.08. The van der Waals surface area contributed by atoms with E-state index in [4.69, 9.17) is 0 Å². The number of hydrogen-bond donors (Lipinski definition) is 1.